The molecule has 0 bridgehead atoms. The molecule has 1 amide bonds. The van der Waals surface area contributed by atoms with Gasteiger partial charge in [0, 0.05) is 6.42 Å². The van der Waals surface area contributed by atoms with Crippen LogP contribution >= 0.6 is 11.6 Å². The van der Waals surface area contributed by atoms with Gasteiger partial charge in [0.15, 0.2) is 5.75 Å². The molecule has 0 saturated heterocycles. The standard InChI is InChI=1S/C15H20ClNO4/c1-9(2)21-13-10(16)6-5-7-11(13)17-12(18)8-15(3,4)14(19)20/h5-7,9H,8H2,1-4H3,(H,17,18)(H,19,20). The van der Waals surface area contributed by atoms with Crippen LogP contribution in [0.3, 0.4) is 0 Å². The number of carbonyl (C=O) groups is 2. The first-order valence-corrected chi connectivity index (χ1v) is 6.99. The van der Waals surface area contributed by atoms with Crippen molar-refractivity contribution in [1.82, 2.24) is 0 Å². The van der Waals surface area contributed by atoms with E-state index >= 15 is 0 Å². The minimum atomic E-state index is -1.14. The summed E-state index contributed by atoms with van der Waals surface area (Å²) in [6.07, 6.45) is -0.244. The van der Waals surface area contributed by atoms with E-state index in [1.807, 2.05) is 13.8 Å². The number of aliphatic carboxylic acids is 1. The number of carboxylic acids is 1. The van der Waals surface area contributed by atoms with Gasteiger partial charge in [-0.2, -0.15) is 0 Å². The fraction of sp³-hybridized carbons (Fsp3) is 0.467. The number of halogens is 1. The number of benzene rings is 1. The maximum absolute atomic E-state index is 12.0. The average molecular weight is 314 g/mol. The molecule has 0 aliphatic heterocycles. The SMILES string of the molecule is CC(C)Oc1c(Cl)cccc1NC(=O)CC(C)(C)C(=O)O. The molecule has 0 aliphatic rings. The molecule has 5 nitrogen and oxygen atoms in total. The van der Waals surface area contributed by atoms with Gasteiger partial charge in [-0.15, -0.1) is 0 Å². The van der Waals surface area contributed by atoms with E-state index in [0.717, 1.165) is 0 Å². The van der Waals surface area contributed by atoms with Crippen LogP contribution in [0.1, 0.15) is 34.1 Å². The van der Waals surface area contributed by atoms with E-state index < -0.39 is 17.3 Å². The van der Waals surface area contributed by atoms with Crippen LogP contribution in [0.25, 0.3) is 0 Å². The maximum Gasteiger partial charge on any atom is 0.309 e. The van der Waals surface area contributed by atoms with E-state index in [9.17, 15) is 9.59 Å². The summed E-state index contributed by atoms with van der Waals surface area (Å²) in [4.78, 5) is 23.1. The Bertz CT molecular complexity index is 540. The number of hydrogen-bond acceptors (Lipinski definition) is 3. The van der Waals surface area contributed by atoms with Crippen molar-refractivity contribution in [2.24, 2.45) is 5.41 Å². The van der Waals surface area contributed by atoms with E-state index in [-0.39, 0.29) is 12.5 Å². The van der Waals surface area contributed by atoms with Crippen LogP contribution in [-0.4, -0.2) is 23.1 Å². The topological polar surface area (TPSA) is 75.6 Å². The van der Waals surface area contributed by atoms with Crippen LogP contribution in [0.5, 0.6) is 5.75 Å². The van der Waals surface area contributed by atoms with Crippen LogP contribution < -0.4 is 10.1 Å². The molecule has 0 atom stereocenters. The van der Waals surface area contributed by atoms with Crippen molar-refractivity contribution >= 4 is 29.2 Å². The maximum atomic E-state index is 12.0. The number of carboxylic acid groups (broad SMARTS) is 1. The van der Waals surface area contributed by atoms with Crippen molar-refractivity contribution in [2.45, 2.75) is 40.2 Å². The lowest BCUT2D eigenvalue weighted by molar-refractivity contribution is -0.148. The van der Waals surface area contributed by atoms with Gasteiger partial charge in [0.2, 0.25) is 5.91 Å². The van der Waals surface area contributed by atoms with Gasteiger partial charge in [0.1, 0.15) is 0 Å². The molecule has 6 heteroatoms. The molecule has 0 saturated carbocycles. The predicted octanol–water partition coefficient (Wildman–Crippen LogP) is 3.57. The Kier molecular flexibility index (Phi) is 5.61. The first kappa shape index (κ1) is 17.3. The molecule has 0 unspecified atom stereocenters. The Morgan fingerprint density at radius 1 is 1.38 bits per heavy atom. The van der Waals surface area contributed by atoms with Gasteiger partial charge < -0.3 is 15.2 Å². The quantitative estimate of drug-likeness (QED) is 0.842. The summed E-state index contributed by atoms with van der Waals surface area (Å²) in [5.74, 6) is -1.05. The molecule has 0 fully saturated rings. The van der Waals surface area contributed by atoms with Crippen molar-refractivity contribution < 1.29 is 19.4 Å². The molecule has 1 rings (SSSR count). The van der Waals surface area contributed by atoms with E-state index in [2.05, 4.69) is 5.32 Å². The summed E-state index contributed by atoms with van der Waals surface area (Å²) >= 11 is 6.07. The molecular weight excluding hydrogens is 294 g/mol. The highest BCUT2D eigenvalue weighted by Gasteiger charge is 2.30. The van der Waals surface area contributed by atoms with E-state index in [4.69, 9.17) is 21.4 Å². The number of ether oxygens (including phenoxy) is 1. The molecule has 0 heterocycles. The van der Waals surface area contributed by atoms with Crippen molar-refractivity contribution in [2.75, 3.05) is 5.32 Å². The van der Waals surface area contributed by atoms with E-state index in [0.29, 0.717) is 16.5 Å². The number of nitrogens with one attached hydrogen (secondary N) is 1. The Morgan fingerprint density at radius 2 is 2.00 bits per heavy atom. The fourth-order valence-corrected chi connectivity index (χ4v) is 1.85. The Labute approximate surface area is 129 Å². The molecule has 2 N–H and O–H groups in total. The molecule has 0 radical (unpaired) electrons. The summed E-state index contributed by atoms with van der Waals surface area (Å²) in [5, 5.41) is 12.1. The summed E-state index contributed by atoms with van der Waals surface area (Å²) in [7, 11) is 0. The van der Waals surface area contributed by atoms with Gasteiger partial charge in [0.25, 0.3) is 0 Å². The molecular formula is C15H20ClNO4. The second-order valence-electron chi connectivity index (χ2n) is 5.70. The van der Waals surface area contributed by atoms with Crippen LogP contribution in [0, 0.1) is 5.41 Å². The third-order valence-corrected chi connectivity index (χ3v) is 3.07. The van der Waals surface area contributed by atoms with Gasteiger partial charge in [-0.1, -0.05) is 17.7 Å². The predicted molar refractivity (Wildman–Crippen MR) is 81.9 cm³/mol. The van der Waals surface area contributed by atoms with Gasteiger partial charge in [0.05, 0.1) is 22.2 Å². The van der Waals surface area contributed by atoms with E-state index in [1.165, 1.54) is 13.8 Å². The molecule has 0 aliphatic carbocycles. The highest BCUT2D eigenvalue weighted by atomic mass is 35.5. The average Bonchev–Trinajstić information content (AvgIpc) is 2.32. The normalized spacial score (nSPS) is 11.3. The third kappa shape index (κ3) is 4.93. The zero-order chi connectivity index (χ0) is 16.2. The molecule has 0 spiro atoms. The summed E-state index contributed by atoms with van der Waals surface area (Å²) < 4.78 is 5.59. The molecule has 1 aromatic rings. The van der Waals surface area contributed by atoms with Crippen molar-refractivity contribution in [3.63, 3.8) is 0 Å². The Morgan fingerprint density at radius 3 is 2.52 bits per heavy atom. The second kappa shape index (κ2) is 6.80. The van der Waals surface area contributed by atoms with Gasteiger partial charge in [-0.3, -0.25) is 9.59 Å². The summed E-state index contributed by atoms with van der Waals surface area (Å²) in [6.45, 7) is 6.70. The largest absolute Gasteiger partial charge is 0.487 e. The zero-order valence-corrected chi connectivity index (χ0v) is 13.3. The number of amides is 1. The van der Waals surface area contributed by atoms with Crippen molar-refractivity contribution in [3.8, 4) is 5.75 Å². The minimum absolute atomic E-state index is 0.101. The highest BCUT2D eigenvalue weighted by molar-refractivity contribution is 6.32. The summed E-state index contributed by atoms with van der Waals surface area (Å²) in [5.41, 5.74) is -0.704. The highest BCUT2D eigenvalue weighted by Crippen LogP contribution is 2.34. The molecule has 116 valence electrons. The second-order valence-corrected chi connectivity index (χ2v) is 6.10. The smallest absolute Gasteiger partial charge is 0.309 e. The lowest BCUT2D eigenvalue weighted by atomic mass is 9.89. The van der Waals surface area contributed by atoms with Crippen LogP contribution in [-0.2, 0) is 9.59 Å². The first-order chi connectivity index (χ1) is 9.63. The number of carbonyl (C=O) groups excluding carboxylic acids is 1. The molecule has 0 aromatic heterocycles. The third-order valence-electron chi connectivity index (χ3n) is 2.78. The van der Waals surface area contributed by atoms with Crippen LogP contribution in [0.4, 0.5) is 5.69 Å². The van der Waals surface area contributed by atoms with E-state index in [1.54, 1.807) is 18.2 Å². The zero-order valence-electron chi connectivity index (χ0n) is 12.6. The number of rotatable bonds is 6. The van der Waals surface area contributed by atoms with Crippen LogP contribution in [0.15, 0.2) is 18.2 Å². The van der Waals surface area contributed by atoms with Gasteiger partial charge in [-0.25, -0.2) is 0 Å². The molecule has 21 heavy (non-hydrogen) atoms. The van der Waals surface area contributed by atoms with Crippen molar-refractivity contribution in [1.29, 1.82) is 0 Å². The van der Waals surface area contributed by atoms with Gasteiger partial charge in [-0.05, 0) is 39.8 Å². The van der Waals surface area contributed by atoms with Crippen molar-refractivity contribution in [3.05, 3.63) is 23.2 Å². The lowest BCUT2D eigenvalue weighted by Crippen LogP contribution is -2.29. The lowest BCUT2D eigenvalue weighted by Gasteiger charge is -2.20. The molecule has 1 aromatic carbocycles. The number of para-hydroxylation sites is 1. The fourth-order valence-electron chi connectivity index (χ4n) is 1.63. The first-order valence-electron chi connectivity index (χ1n) is 6.62. The number of anilines is 1. The monoisotopic (exact) mass is 313 g/mol. The number of hydrogen-bond donors (Lipinski definition) is 2. The van der Waals surface area contributed by atoms with Gasteiger partial charge >= 0.3 is 5.97 Å². The van der Waals surface area contributed by atoms with Crippen LogP contribution in [0.2, 0.25) is 5.02 Å². The summed E-state index contributed by atoms with van der Waals surface area (Å²) in [6, 6.07) is 5.01. The minimum Gasteiger partial charge on any atom is -0.487 e. The Balaban J connectivity index is 2.90. The Hall–Kier alpha value is -1.75.